The molecule has 0 radical (unpaired) electrons. The van der Waals surface area contributed by atoms with Gasteiger partial charge in [-0.25, -0.2) is 4.98 Å². The summed E-state index contributed by atoms with van der Waals surface area (Å²) in [6.45, 7) is 8.48. The summed E-state index contributed by atoms with van der Waals surface area (Å²) >= 11 is 0. The van der Waals surface area contributed by atoms with E-state index in [9.17, 15) is 4.79 Å². The lowest BCUT2D eigenvalue weighted by Gasteiger charge is -2.19. The van der Waals surface area contributed by atoms with Gasteiger partial charge < -0.3 is 9.64 Å². The van der Waals surface area contributed by atoms with Gasteiger partial charge in [-0.05, 0) is 55.8 Å². The van der Waals surface area contributed by atoms with Gasteiger partial charge in [0, 0.05) is 50.9 Å². The van der Waals surface area contributed by atoms with Crippen molar-refractivity contribution in [2.45, 2.75) is 40.2 Å². The molecule has 170 valence electrons. The van der Waals surface area contributed by atoms with Crippen molar-refractivity contribution in [3.8, 4) is 5.75 Å². The highest BCUT2D eigenvalue weighted by atomic mass is 16.5. The van der Waals surface area contributed by atoms with Crippen LogP contribution in [-0.2, 0) is 11.3 Å². The molecular formula is C26H34N4O2. The summed E-state index contributed by atoms with van der Waals surface area (Å²) in [7, 11) is 3.97. The van der Waals surface area contributed by atoms with Crippen molar-refractivity contribution in [3.63, 3.8) is 0 Å². The van der Waals surface area contributed by atoms with Crippen LogP contribution in [0, 0.1) is 0 Å². The van der Waals surface area contributed by atoms with E-state index in [4.69, 9.17) is 9.73 Å². The van der Waals surface area contributed by atoms with Crippen LogP contribution < -0.4 is 9.64 Å². The summed E-state index contributed by atoms with van der Waals surface area (Å²) in [6.07, 6.45) is 3.53. The monoisotopic (exact) mass is 434 g/mol. The quantitative estimate of drug-likeness (QED) is 0.521. The van der Waals surface area contributed by atoms with Crippen molar-refractivity contribution in [1.82, 2.24) is 9.88 Å². The van der Waals surface area contributed by atoms with Gasteiger partial charge in [0.15, 0.2) is 0 Å². The number of Topliss-reactive ketones (excluding diaryl/α,β-unsaturated/α-hetero) is 1. The number of hydrogen-bond acceptors (Lipinski definition) is 6. The Morgan fingerprint density at radius 1 is 1.19 bits per heavy atom. The molecule has 0 bridgehead atoms. The van der Waals surface area contributed by atoms with Crippen LogP contribution in [0.3, 0.4) is 0 Å². The van der Waals surface area contributed by atoms with Crippen molar-refractivity contribution in [3.05, 3.63) is 65.0 Å². The van der Waals surface area contributed by atoms with Gasteiger partial charge in [-0.15, -0.1) is 0 Å². The number of hydrogen-bond donors (Lipinski definition) is 0. The van der Waals surface area contributed by atoms with Gasteiger partial charge in [0.1, 0.15) is 17.4 Å². The molecule has 1 aliphatic heterocycles. The zero-order valence-electron chi connectivity index (χ0n) is 19.9. The Morgan fingerprint density at radius 3 is 2.66 bits per heavy atom. The Morgan fingerprint density at radius 2 is 2.00 bits per heavy atom. The SMILES string of the molecule is CCN(CC(C)=O)Cc1cccc(OCCC2=C(C)CC(c3ccc(N(C)C)nc3)=N2)c1. The molecule has 0 amide bonds. The molecule has 0 spiro atoms. The number of ketones is 1. The number of pyridine rings is 1. The van der Waals surface area contributed by atoms with Crippen molar-refractivity contribution in [2.24, 2.45) is 4.99 Å². The topological polar surface area (TPSA) is 58.0 Å². The zero-order chi connectivity index (χ0) is 23.1. The lowest BCUT2D eigenvalue weighted by Crippen LogP contribution is -2.28. The van der Waals surface area contributed by atoms with E-state index in [1.54, 1.807) is 6.92 Å². The minimum atomic E-state index is 0.184. The minimum absolute atomic E-state index is 0.184. The Labute approximate surface area is 191 Å². The maximum absolute atomic E-state index is 11.4. The molecule has 1 aliphatic rings. The molecule has 1 aromatic carbocycles. The first-order valence-corrected chi connectivity index (χ1v) is 11.2. The largest absolute Gasteiger partial charge is 0.493 e. The van der Waals surface area contributed by atoms with E-state index in [0.29, 0.717) is 13.2 Å². The first kappa shape index (κ1) is 23.7. The molecule has 0 saturated carbocycles. The Bertz CT molecular complexity index is 993. The number of anilines is 1. The first-order chi connectivity index (χ1) is 15.4. The van der Waals surface area contributed by atoms with Gasteiger partial charge in [0.25, 0.3) is 0 Å². The van der Waals surface area contributed by atoms with Gasteiger partial charge in [-0.3, -0.25) is 14.7 Å². The zero-order valence-corrected chi connectivity index (χ0v) is 19.9. The summed E-state index contributed by atoms with van der Waals surface area (Å²) in [5.41, 5.74) is 5.69. The number of ether oxygens (including phenoxy) is 1. The van der Waals surface area contributed by atoms with E-state index in [0.717, 1.165) is 60.0 Å². The normalized spacial score (nSPS) is 13.5. The van der Waals surface area contributed by atoms with Crippen LogP contribution in [-0.4, -0.2) is 55.2 Å². The van der Waals surface area contributed by atoms with E-state index in [-0.39, 0.29) is 5.78 Å². The van der Waals surface area contributed by atoms with Crippen molar-refractivity contribution in [1.29, 1.82) is 0 Å². The second-order valence-electron chi connectivity index (χ2n) is 8.51. The second-order valence-corrected chi connectivity index (χ2v) is 8.51. The number of benzene rings is 1. The molecule has 0 N–H and O–H groups in total. The number of nitrogens with zero attached hydrogens (tertiary/aromatic N) is 4. The lowest BCUT2D eigenvalue weighted by atomic mass is 10.1. The van der Waals surface area contributed by atoms with Gasteiger partial charge in [-0.2, -0.15) is 0 Å². The standard InChI is InChI=1S/C26H34N4O2/c1-6-30(17-20(3)31)18-21-8-7-9-23(15-21)32-13-12-24-19(2)14-25(28-24)22-10-11-26(27-16-22)29(4)5/h7-11,15-16H,6,12-14,17-18H2,1-5H3. The van der Waals surface area contributed by atoms with E-state index >= 15 is 0 Å². The maximum atomic E-state index is 11.4. The Kier molecular flexibility index (Phi) is 8.17. The molecule has 0 unspecified atom stereocenters. The fourth-order valence-corrected chi connectivity index (χ4v) is 3.76. The predicted molar refractivity (Wildman–Crippen MR) is 131 cm³/mol. The summed E-state index contributed by atoms with van der Waals surface area (Å²) in [4.78, 5) is 24.9. The number of rotatable bonds is 11. The first-order valence-electron chi connectivity index (χ1n) is 11.2. The van der Waals surface area contributed by atoms with Crippen LogP contribution >= 0.6 is 0 Å². The fourth-order valence-electron chi connectivity index (χ4n) is 3.76. The molecule has 32 heavy (non-hydrogen) atoms. The summed E-state index contributed by atoms with van der Waals surface area (Å²) in [5, 5.41) is 0. The Hall–Kier alpha value is -2.99. The average Bonchev–Trinajstić information content (AvgIpc) is 3.14. The molecule has 0 saturated heterocycles. The van der Waals surface area contributed by atoms with Gasteiger partial charge in [0.2, 0.25) is 0 Å². The van der Waals surface area contributed by atoms with Gasteiger partial charge in [0.05, 0.1) is 18.9 Å². The lowest BCUT2D eigenvalue weighted by molar-refractivity contribution is -0.118. The van der Waals surface area contributed by atoms with Gasteiger partial charge in [-0.1, -0.05) is 19.1 Å². The van der Waals surface area contributed by atoms with Gasteiger partial charge >= 0.3 is 0 Å². The molecule has 3 rings (SSSR count). The molecule has 1 aromatic heterocycles. The highest BCUT2D eigenvalue weighted by Crippen LogP contribution is 2.26. The van der Waals surface area contributed by atoms with Crippen LogP contribution in [0.5, 0.6) is 5.75 Å². The smallest absolute Gasteiger partial charge is 0.143 e. The summed E-state index contributed by atoms with van der Waals surface area (Å²) in [6, 6.07) is 12.2. The second kappa shape index (κ2) is 11.0. The third kappa shape index (κ3) is 6.50. The number of allylic oxidation sites excluding steroid dienone is 1. The van der Waals surface area contributed by atoms with Crippen molar-refractivity contribution < 1.29 is 9.53 Å². The fraction of sp³-hybridized carbons (Fsp3) is 0.423. The highest BCUT2D eigenvalue weighted by molar-refractivity contribution is 6.04. The molecule has 6 heteroatoms. The number of carbonyl (C=O) groups excluding carboxylic acids is 1. The maximum Gasteiger partial charge on any atom is 0.143 e. The molecule has 0 atom stereocenters. The predicted octanol–water partition coefficient (Wildman–Crippen LogP) is 4.49. The van der Waals surface area contributed by atoms with Crippen LogP contribution in [0.1, 0.15) is 44.7 Å². The number of aromatic nitrogens is 1. The summed E-state index contributed by atoms with van der Waals surface area (Å²) in [5.74, 6) is 1.98. The number of likely N-dealkylation sites (N-methyl/N-ethyl adjacent to an activating group) is 1. The molecule has 2 aromatic rings. The van der Waals surface area contributed by atoms with Crippen LogP contribution in [0.4, 0.5) is 5.82 Å². The molecular weight excluding hydrogens is 400 g/mol. The van der Waals surface area contributed by atoms with E-state index in [2.05, 4.69) is 41.9 Å². The minimum Gasteiger partial charge on any atom is -0.493 e. The average molecular weight is 435 g/mol. The Balaban J connectivity index is 1.55. The van der Waals surface area contributed by atoms with Crippen molar-refractivity contribution in [2.75, 3.05) is 38.7 Å². The molecule has 6 nitrogen and oxygen atoms in total. The summed E-state index contributed by atoms with van der Waals surface area (Å²) < 4.78 is 6.03. The van der Waals surface area contributed by atoms with E-state index < -0.39 is 0 Å². The third-order valence-corrected chi connectivity index (χ3v) is 5.54. The number of aliphatic imine (C=N–C) groups is 1. The van der Waals surface area contributed by atoms with Crippen LogP contribution in [0.15, 0.2) is 58.9 Å². The van der Waals surface area contributed by atoms with E-state index in [1.165, 1.54) is 5.57 Å². The third-order valence-electron chi connectivity index (χ3n) is 5.54. The highest BCUT2D eigenvalue weighted by Gasteiger charge is 2.17. The molecule has 0 aliphatic carbocycles. The van der Waals surface area contributed by atoms with Crippen LogP contribution in [0.2, 0.25) is 0 Å². The van der Waals surface area contributed by atoms with E-state index in [1.807, 2.05) is 43.4 Å². The molecule has 0 fully saturated rings. The number of carbonyl (C=O) groups is 1. The molecule has 2 heterocycles. The van der Waals surface area contributed by atoms with Crippen LogP contribution in [0.25, 0.3) is 0 Å². The van der Waals surface area contributed by atoms with Crippen molar-refractivity contribution >= 4 is 17.3 Å².